The van der Waals surface area contributed by atoms with E-state index in [4.69, 9.17) is 8.85 Å². The number of hydrogen-bond acceptors (Lipinski definition) is 10. The van der Waals surface area contributed by atoms with Crippen molar-refractivity contribution in [3.8, 4) is 17.1 Å². The van der Waals surface area contributed by atoms with Gasteiger partial charge < -0.3 is 20.7 Å². The Bertz CT molecular complexity index is 1360. The molecule has 12 heteroatoms. The summed E-state index contributed by atoms with van der Waals surface area (Å²) in [5.74, 6) is 0.566. The van der Waals surface area contributed by atoms with E-state index in [9.17, 15) is 4.79 Å². The van der Waals surface area contributed by atoms with E-state index in [0.29, 0.717) is 35.2 Å². The fourth-order valence-electron chi connectivity index (χ4n) is 3.03. The Morgan fingerprint density at radius 2 is 1.97 bits per heavy atom. The second kappa shape index (κ2) is 9.68. The molecule has 0 aliphatic rings. The van der Waals surface area contributed by atoms with Crippen LogP contribution in [0.1, 0.15) is 21.5 Å². The first-order valence-corrected chi connectivity index (χ1v) is 9.86. The average Bonchev–Trinajstić information content (AvgIpc) is 3.31. The quantitative estimate of drug-likeness (QED) is 0.367. The average molecular weight is 449 g/mol. The fourth-order valence-corrected chi connectivity index (χ4v) is 3.03. The Morgan fingerprint density at radius 1 is 1.12 bits per heavy atom. The summed E-state index contributed by atoms with van der Waals surface area (Å²) in [6.45, 7) is -0.241. The molecule has 168 valence electrons. The van der Waals surface area contributed by atoms with Crippen molar-refractivity contribution in [2.24, 2.45) is 0 Å². The Kier molecular flexibility index (Phi) is 5.28. The van der Waals surface area contributed by atoms with Gasteiger partial charge in [0.25, 0.3) is 5.91 Å². The number of amides is 1. The number of nitrogens with one attached hydrogen (secondary N) is 3. The number of para-hydroxylation sites is 1. The topological polar surface area (TPSA) is 145 Å². The second-order valence-corrected chi connectivity index (χ2v) is 6.57. The fraction of sp³-hybridized carbons (Fsp3) is 0.190. The molecule has 0 unspecified atom stereocenters. The van der Waals surface area contributed by atoms with Crippen LogP contribution in [0.15, 0.2) is 48.9 Å². The van der Waals surface area contributed by atoms with Gasteiger partial charge in [-0.3, -0.25) is 4.79 Å². The molecular formula is C21H22N10O2. The number of carbonyl (C=O) groups is 1. The minimum Gasteiger partial charge on any atom is -0.494 e. The standard InChI is InChI=1S/C21H22N10O2/c1-4-31-25-12-17(30-31)27-16-11-15(18(29-28-16)21(32)22-2)26-14-8-5-7-13(19(14)33-3)20-23-9-6-10-24-20/h5-12H,4H2,1-3H3,(H,22,32)(H2,26,27,28,30)/i2D3. The molecule has 12 nitrogen and oxygen atoms in total. The molecule has 0 fully saturated rings. The molecule has 0 atom stereocenters. The predicted octanol–water partition coefficient (Wildman–Crippen LogP) is 2.40. The van der Waals surface area contributed by atoms with Gasteiger partial charge in [-0.25, -0.2) is 9.97 Å². The Balaban J connectivity index is 1.74. The number of ether oxygens (including phenoxy) is 1. The van der Waals surface area contributed by atoms with Gasteiger partial charge in [0.05, 0.1) is 36.8 Å². The summed E-state index contributed by atoms with van der Waals surface area (Å²) >= 11 is 0. The van der Waals surface area contributed by atoms with Gasteiger partial charge in [-0.05, 0) is 25.1 Å². The summed E-state index contributed by atoms with van der Waals surface area (Å²) in [6.07, 6.45) is 4.73. The highest BCUT2D eigenvalue weighted by Crippen LogP contribution is 2.37. The molecule has 3 aromatic heterocycles. The lowest BCUT2D eigenvalue weighted by Gasteiger charge is -2.16. The number of hydrogen-bond donors (Lipinski definition) is 3. The van der Waals surface area contributed by atoms with Crippen molar-refractivity contribution in [2.45, 2.75) is 13.5 Å². The number of carbonyl (C=O) groups excluding carboxylic acids is 1. The molecule has 3 N–H and O–H groups in total. The normalized spacial score (nSPS) is 12.2. The Morgan fingerprint density at radius 3 is 2.70 bits per heavy atom. The van der Waals surface area contributed by atoms with E-state index in [-0.39, 0.29) is 17.2 Å². The number of methoxy groups -OCH3 is 1. The van der Waals surface area contributed by atoms with Crippen molar-refractivity contribution in [2.75, 3.05) is 24.7 Å². The van der Waals surface area contributed by atoms with Crippen molar-refractivity contribution >= 4 is 28.9 Å². The van der Waals surface area contributed by atoms with E-state index in [0.717, 1.165) is 0 Å². The van der Waals surface area contributed by atoms with Gasteiger partial charge in [-0.1, -0.05) is 6.07 Å². The maximum absolute atomic E-state index is 12.7. The number of nitrogens with zero attached hydrogens (tertiary/aromatic N) is 7. The van der Waals surface area contributed by atoms with Crippen LogP contribution >= 0.6 is 0 Å². The monoisotopic (exact) mass is 449 g/mol. The van der Waals surface area contributed by atoms with Gasteiger partial charge in [0.2, 0.25) is 0 Å². The third-order valence-corrected chi connectivity index (χ3v) is 4.49. The molecular weight excluding hydrogens is 424 g/mol. The zero-order valence-corrected chi connectivity index (χ0v) is 17.8. The number of rotatable bonds is 8. The first-order chi connectivity index (χ1) is 17.3. The first-order valence-electron chi connectivity index (χ1n) is 11.4. The van der Waals surface area contributed by atoms with Gasteiger partial charge in [-0.15, -0.1) is 15.3 Å². The smallest absolute Gasteiger partial charge is 0.273 e. The molecule has 0 spiro atoms. The summed E-state index contributed by atoms with van der Waals surface area (Å²) in [6, 6.07) is 8.46. The molecule has 4 aromatic rings. The summed E-state index contributed by atoms with van der Waals surface area (Å²) in [5.41, 5.74) is 0.994. The Labute approximate surface area is 193 Å². The van der Waals surface area contributed by atoms with Gasteiger partial charge in [0.15, 0.2) is 28.9 Å². The van der Waals surface area contributed by atoms with Crippen LogP contribution < -0.4 is 20.7 Å². The lowest BCUT2D eigenvalue weighted by Crippen LogP contribution is -2.21. The van der Waals surface area contributed by atoms with E-state index in [2.05, 4.69) is 41.0 Å². The highest BCUT2D eigenvalue weighted by molar-refractivity contribution is 5.99. The molecule has 0 aliphatic carbocycles. The summed E-state index contributed by atoms with van der Waals surface area (Å²) in [5, 5.41) is 24.3. The van der Waals surface area contributed by atoms with Crippen LogP contribution in [0.4, 0.5) is 23.0 Å². The highest BCUT2D eigenvalue weighted by Gasteiger charge is 2.18. The molecule has 1 amide bonds. The van der Waals surface area contributed by atoms with Crippen LogP contribution in [0, 0.1) is 0 Å². The van der Waals surface area contributed by atoms with Crippen LogP contribution in [-0.2, 0) is 6.54 Å². The molecule has 1 aromatic carbocycles. The van der Waals surface area contributed by atoms with Crippen LogP contribution in [-0.4, -0.2) is 55.2 Å². The van der Waals surface area contributed by atoms with Crippen molar-refractivity contribution in [3.63, 3.8) is 0 Å². The molecule has 0 saturated carbocycles. The zero-order valence-electron chi connectivity index (χ0n) is 20.8. The van der Waals surface area contributed by atoms with E-state index < -0.39 is 12.9 Å². The van der Waals surface area contributed by atoms with Crippen molar-refractivity contribution in [1.82, 2.24) is 40.5 Å². The largest absolute Gasteiger partial charge is 0.494 e. The van der Waals surface area contributed by atoms with Crippen molar-refractivity contribution < 1.29 is 13.6 Å². The number of aromatic nitrogens is 7. The molecule has 0 aliphatic heterocycles. The van der Waals surface area contributed by atoms with Gasteiger partial charge in [0, 0.05) is 29.5 Å². The van der Waals surface area contributed by atoms with Crippen molar-refractivity contribution in [1.29, 1.82) is 0 Å². The molecule has 0 radical (unpaired) electrons. The van der Waals surface area contributed by atoms with Crippen LogP contribution in [0.25, 0.3) is 11.4 Å². The first kappa shape index (κ1) is 18.0. The molecule has 4 rings (SSSR count). The predicted molar refractivity (Wildman–Crippen MR) is 122 cm³/mol. The number of aryl methyl sites for hydroxylation is 1. The second-order valence-electron chi connectivity index (χ2n) is 6.57. The molecule has 0 bridgehead atoms. The summed E-state index contributed by atoms with van der Waals surface area (Å²) in [4.78, 5) is 22.7. The lowest BCUT2D eigenvalue weighted by molar-refractivity contribution is 0.0958. The van der Waals surface area contributed by atoms with Gasteiger partial charge in [-0.2, -0.15) is 9.90 Å². The number of benzene rings is 1. The van der Waals surface area contributed by atoms with E-state index >= 15 is 0 Å². The van der Waals surface area contributed by atoms with Crippen LogP contribution in [0.5, 0.6) is 5.75 Å². The van der Waals surface area contributed by atoms with Crippen LogP contribution in [0.2, 0.25) is 0 Å². The summed E-state index contributed by atoms with van der Waals surface area (Å²) < 4.78 is 27.7. The molecule has 0 saturated heterocycles. The minimum atomic E-state index is -2.71. The van der Waals surface area contributed by atoms with Gasteiger partial charge >= 0.3 is 0 Å². The van der Waals surface area contributed by atoms with E-state index in [1.807, 2.05) is 12.2 Å². The minimum absolute atomic E-state index is 0.168. The lowest BCUT2D eigenvalue weighted by atomic mass is 10.1. The molecule has 3 heterocycles. The van der Waals surface area contributed by atoms with Crippen molar-refractivity contribution in [3.05, 3.63) is 54.6 Å². The molecule has 33 heavy (non-hydrogen) atoms. The SMILES string of the molecule is [2H]C([2H])([2H])NC(=O)c1nnc(Nc2cnn(CC)n2)cc1Nc1cccc(-c2ncccn2)c1OC. The zero-order chi connectivity index (χ0) is 25.7. The highest BCUT2D eigenvalue weighted by atomic mass is 16.5. The Hall–Kier alpha value is -4.61. The maximum Gasteiger partial charge on any atom is 0.273 e. The van der Waals surface area contributed by atoms with E-state index in [1.165, 1.54) is 24.2 Å². The third-order valence-electron chi connectivity index (χ3n) is 4.49. The summed E-state index contributed by atoms with van der Waals surface area (Å²) in [7, 11) is 1.49. The van der Waals surface area contributed by atoms with E-state index in [1.54, 1.807) is 36.7 Å². The number of anilines is 4. The van der Waals surface area contributed by atoms with Crippen LogP contribution in [0.3, 0.4) is 0 Å². The van der Waals surface area contributed by atoms with Gasteiger partial charge in [0.1, 0.15) is 0 Å². The third kappa shape index (κ3) is 4.69. The maximum atomic E-state index is 12.7.